The topological polar surface area (TPSA) is 266 Å². The van der Waals surface area contributed by atoms with E-state index in [-0.39, 0.29) is 62.0 Å². The summed E-state index contributed by atoms with van der Waals surface area (Å²) in [5, 5.41) is 5.21. The number of carbonyl (C=O) groups is 2. The molecule has 3 aromatic carbocycles. The van der Waals surface area contributed by atoms with Crippen molar-refractivity contribution in [3.8, 4) is 0 Å². The number of nitrogens with two attached hydrogens (primary N) is 1. The highest BCUT2D eigenvalue weighted by Crippen LogP contribution is 2.40. The standard InChI is InChI=1S/C30H21ClN6O10S3/c31-29-35-23(36-30(37-29)34-18-7-3-4-8-20(18)48(40)41)11-14-9-10-15(12-21(14)49(42,43)44)33-19-13-22(50(45,46)47)26(32)25-24(19)27(38)16-5-1-2-6-17(16)28(25)39/h1-10,12-13,18,33H,11,32H2,(H,42,43,44)(H,45,46,47)(H,34,35,36,37). The van der Waals surface area contributed by atoms with E-state index in [1.807, 2.05) is 0 Å². The maximum atomic E-state index is 13.6. The highest BCUT2D eigenvalue weighted by atomic mass is 35.5. The Bertz CT molecular complexity index is 2600. The second-order valence-electron chi connectivity index (χ2n) is 10.7. The average Bonchev–Trinajstić information content (AvgIpc) is 3.03. The van der Waals surface area contributed by atoms with E-state index in [1.54, 1.807) is 6.08 Å². The van der Waals surface area contributed by atoms with Crippen molar-refractivity contribution in [2.24, 2.45) is 0 Å². The van der Waals surface area contributed by atoms with Crippen molar-refractivity contribution in [2.45, 2.75) is 22.3 Å². The summed E-state index contributed by atoms with van der Waals surface area (Å²) in [5.74, 6) is -1.71. The van der Waals surface area contributed by atoms with Crippen LogP contribution in [0.2, 0.25) is 5.28 Å². The lowest BCUT2D eigenvalue weighted by Crippen LogP contribution is -2.29. The molecule has 0 radical (unpaired) electrons. The zero-order valence-electron chi connectivity index (χ0n) is 24.9. The van der Waals surface area contributed by atoms with Crippen LogP contribution in [0.5, 0.6) is 0 Å². The quantitative estimate of drug-likeness (QED) is 0.0865. The molecule has 1 aromatic heterocycles. The summed E-state index contributed by atoms with van der Waals surface area (Å²) in [6.07, 6.45) is 5.68. The molecule has 2 aliphatic rings. The van der Waals surface area contributed by atoms with E-state index >= 15 is 0 Å². The van der Waals surface area contributed by atoms with Crippen LogP contribution in [-0.4, -0.2) is 71.8 Å². The summed E-state index contributed by atoms with van der Waals surface area (Å²) in [7, 11) is -12.6. The zero-order valence-corrected chi connectivity index (χ0v) is 28.1. The van der Waals surface area contributed by atoms with E-state index in [2.05, 4.69) is 25.6 Å². The first kappa shape index (κ1) is 34.5. The third kappa shape index (κ3) is 6.64. The monoisotopic (exact) mass is 756 g/mol. The Morgan fingerprint density at radius 2 is 1.52 bits per heavy atom. The van der Waals surface area contributed by atoms with Gasteiger partial charge in [-0.2, -0.15) is 35.2 Å². The summed E-state index contributed by atoms with van der Waals surface area (Å²) < 4.78 is 93.0. The van der Waals surface area contributed by atoms with Crippen LogP contribution in [0.25, 0.3) is 0 Å². The predicted octanol–water partition coefficient (Wildman–Crippen LogP) is 2.67. The van der Waals surface area contributed by atoms with Crippen molar-refractivity contribution in [1.82, 2.24) is 15.0 Å². The molecule has 0 spiro atoms. The van der Waals surface area contributed by atoms with Gasteiger partial charge in [-0.05, 0) is 41.4 Å². The largest absolute Gasteiger partial charge is 0.397 e. The van der Waals surface area contributed by atoms with Crippen LogP contribution in [0.3, 0.4) is 0 Å². The first-order valence-corrected chi connectivity index (χ1v) is 18.3. The van der Waals surface area contributed by atoms with Gasteiger partial charge in [0.15, 0.2) is 11.6 Å². The Labute approximate surface area is 289 Å². The van der Waals surface area contributed by atoms with E-state index < -0.39 is 69.2 Å². The lowest BCUT2D eigenvalue weighted by Gasteiger charge is -2.23. The molecule has 0 saturated carbocycles. The average molecular weight is 757 g/mol. The molecule has 2 aliphatic carbocycles. The van der Waals surface area contributed by atoms with E-state index in [0.29, 0.717) is 0 Å². The van der Waals surface area contributed by atoms with Crippen molar-refractivity contribution in [2.75, 3.05) is 16.4 Å². The Morgan fingerprint density at radius 1 is 0.860 bits per heavy atom. The number of hydrogen-bond donors (Lipinski definition) is 5. The summed E-state index contributed by atoms with van der Waals surface area (Å²) in [6, 6.07) is 9.28. The molecule has 0 amide bonds. The smallest absolute Gasteiger partial charge is 0.296 e. The number of halogens is 1. The molecule has 0 aliphatic heterocycles. The highest BCUT2D eigenvalue weighted by molar-refractivity contribution is 7.86. The summed E-state index contributed by atoms with van der Waals surface area (Å²) in [5.41, 5.74) is 4.03. The van der Waals surface area contributed by atoms with Gasteiger partial charge in [-0.1, -0.05) is 48.6 Å². The lowest BCUT2D eigenvalue weighted by atomic mass is 9.82. The number of hydrogen-bond acceptors (Lipinski definition) is 14. The second kappa shape index (κ2) is 12.9. The molecule has 6 N–H and O–H groups in total. The van der Waals surface area contributed by atoms with Gasteiger partial charge >= 0.3 is 0 Å². The third-order valence-corrected chi connectivity index (χ3v) is 10.3. The Balaban J connectivity index is 1.40. The van der Waals surface area contributed by atoms with E-state index in [0.717, 1.165) is 12.1 Å². The molecular formula is C30H21ClN6O10S3. The molecule has 1 heterocycles. The first-order chi connectivity index (χ1) is 23.5. The van der Waals surface area contributed by atoms with Gasteiger partial charge in [-0.25, -0.2) is 4.98 Å². The van der Waals surface area contributed by atoms with Crippen LogP contribution in [-0.2, 0) is 37.0 Å². The fraction of sp³-hybridized carbons (Fsp3) is 0.0667. The van der Waals surface area contributed by atoms with Gasteiger partial charge in [0, 0.05) is 23.2 Å². The van der Waals surface area contributed by atoms with E-state index in [4.69, 9.17) is 17.3 Å². The normalized spacial score (nSPS) is 15.4. The van der Waals surface area contributed by atoms with Crippen molar-refractivity contribution in [1.29, 1.82) is 0 Å². The van der Waals surface area contributed by atoms with E-state index in [9.17, 15) is 43.9 Å². The third-order valence-electron chi connectivity index (χ3n) is 7.56. The molecule has 4 aromatic rings. The second-order valence-corrected chi connectivity index (χ2v) is 14.8. The van der Waals surface area contributed by atoms with Gasteiger partial charge < -0.3 is 16.4 Å². The van der Waals surface area contributed by atoms with Crippen LogP contribution in [0.4, 0.5) is 23.0 Å². The lowest BCUT2D eigenvalue weighted by molar-refractivity contribution is 0.0980. The Kier molecular flexibility index (Phi) is 8.89. The SMILES string of the molecule is Nc1c(S(=O)(=O)O)cc(Nc2ccc(Cc3nc(Cl)nc(NC4C=CC=CC4=S(=O)=O)n3)c(S(=O)(=O)O)c2)c2c1C(=O)c1ccccc1C2=O. The molecule has 0 bridgehead atoms. The zero-order chi connectivity index (χ0) is 36.1. The minimum absolute atomic E-state index is 0.00252. The number of benzene rings is 3. The van der Waals surface area contributed by atoms with Crippen molar-refractivity contribution in [3.63, 3.8) is 0 Å². The van der Waals surface area contributed by atoms with Gasteiger partial charge in [-0.3, -0.25) is 18.7 Å². The summed E-state index contributed by atoms with van der Waals surface area (Å²) >= 11 is 6.08. The minimum atomic E-state index is -5.04. The molecule has 256 valence electrons. The molecule has 50 heavy (non-hydrogen) atoms. The van der Waals surface area contributed by atoms with Gasteiger partial charge in [0.1, 0.15) is 10.7 Å². The number of nitrogens with zero attached hydrogens (tertiary/aromatic N) is 3. The van der Waals surface area contributed by atoms with Gasteiger partial charge in [0.05, 0.1) is 38.3 Å². The number of carbonyl (C=O) groups excluding carboxylic acids is 2. The number of nitrogens with one attached hydrogen (secondary N) is 2. The van der Waals surface area contributed by atoms with Gasteiger partial charge in [0.25, 0.3) is 20.2 Å². The molecule has 0 saturated heterocycles. The number of fused-ring (bicyclic) bond motifs is 2. The van der Waals surface area contributed by atoms with Crippen LogP contribution in [0.1, 0.15) is 43.2 Å². The van der Waals surface area contributed by atoms with E-state index in [1.165, 1.54) is 54.6 Å². The minimum Gasteiger partial charge on any atom is -0.397 e. The number of ketones is 2. The molecular weight excluding hydrogens is 736 g/mol. The fourth-order valence-electron chi connectivity index (χ4n) is 5.43. The molecule has 0 fully saturated rings. The summed E-state index contributed by atoms with van der Waals surface area (Å²) in [4.78, 5) is 37.7. The van der Waals surface area contributed by atoms with Crippen LogP contribution in [0, 0.1) is 0 Å². The molecule has 20 heteroatoms. The molecule has 1 unspecified atom stereocenters. The van der Waals surface area contributed by atoms with Crippen LogP contribution in [0.15, 0.2) is 82.6 Å². The van der Waals surface area contributed by atoms with Crippen molar-refractivity contribution >= 4 is 81.6 Å². The van der Waals surface area contributed by atoms with Gasteiger partial charge in [-0.15, -0.1) is 0 Å². The Hall–Kier alpha value is -5.31. The highest BCUT2D eigenvalue weighted by Gasteiger charge is 2.36. The predicted molar refractivity (Wildman–Crippen MR) is 181 cm³/mol. The van der Waals surface area contributed by atoms with Crippen LogP contribution >= 0.6 is 11.6 Å². The molecule has 6 rings (SSSR count). The number of nitrogen functional groups attached to an aromatic ring is 1. The summed E-state index contributed by atoms with van der Waals surface area (Å²) in [6.45, 7) is 0. The fourth-order valence-corrected chi connectivity index (χ4v) is 7.53. The van der Waals surface area contributed by atoms with Crippen molar-refractivity contribution < 1.29 is 43.9 Å². The van der Waals surface area contributed by atoms with Crippen LogP contribution < -0.4 is 16.4 Å². The maximum Gasteiger partial charge on any atom is 0.296 e. The number of aromatic nitrogens is 3. The van der Waals surface area contributed by atoms with Crippen molar-refractivity contribution in [3.05, 3.63) is 112 Å². The number of anilines is 4. The Morgan fingerprint density at radius 3 is 2.16 bits per heavy atom. The molecule has 16 nitrogen and oxygen atoms in total. The maximum absolute atomic E-state index is 13.6. The first-order valence-electron chi connectivity index (χ1n) is 14.0. The number of allylic oxidation sites excluding steroid dienone is 2. The van der Waals surface area contributed by atoms with Gasteiger partial charge in [0.2, 0.25) is 21.5 Å². The molecule has 1 atom stereocenters. The number of rotatable bonds is 8.